The summed E-state index contributed by atoms with van der Waals surface area (Å²) in [6, 6.07) is 1.79. The molecule has 3 amide bonds. The molecular weight excluding hydrogens is 364 g/mol. The molecule has 1 fully saturated rings. The maximum Gasteiger partial charge on any atom is 0.270 e. The second kappa shape index (κ2) is 10.5. The van der Waals surface area contributed by atoms with Gasteiger partial charge in [0.1, 0.15) is 5.69 Å². The van der Waals surface area contributed by atoms with Crippen LogP contribution in [0.3, 0.4) is 0 Å². The number of hydrazine groups is 1. The first kappa shape index (κ1) is 21.5. The van der Waals surface area contributed by atoms with Crippen molar-refractivity contribution in [2.75, 3.05) is 12.0 Å². The zero-order valence-corrected chi connectivity index (χ0v) is 16.3. The summed E-state index contributed by atoms with van der Waals surface area (Å²) in [4.78, 5) is 43.6. The minimum Gasteiger partial charge on any atom is -0.348 e. The van der Waals surface area contributed by atoms with E-state index in [-0.39, 0.29) is 36.5 Å². The van der Waals surface area contributed by atoms with Crippen molar-refractivity contribution in [1.82, 2.24) is 25.8 Å². The number of hydrogen-bond donors (Lipinski definition) is 4. The number of aromatic nitrogens is 2. The molecule has 4 N–H and O–H groups in total. The molecule has 10 heteroatoms. The lowest BCUT2D eigenvalue weighted by Crippen LogP contribution is -2.40. The van der Waals surface area contributed by atoms with E-state index >= 15 is 0 Å². The molecular formula is C18H28N6O4. The van der Waals surface area contributed by atoms with Gasteiger partial charge >= 0.3 is 0 Å². The number of carbonyl (C=O) groups is 3. The monoisotopic (exact) mass is 392 g/mol. The minimum atomic E-state index is -0.586. The van der Waals surface area contributed by atoms with Crippen LogP contribution < -0.4 is 16.2 Å². The molecule has 0 radical (unpaired) electrons. The van der Waals surface area contributed by atoms with Crippen molar-refractivity contribution in [2.45, 2.75) is 58.4 Å². The molecule has 1 aliphatic carbocycles. The maximum absolute atomic E-state index is 12.5. The molecule has 2 rings (SSSR count). The normalized spacial score (nSPS) is 14.1. The van der Waals surface area contributed by atoms with E-state index in [4.69, 9.17) is 0 Å². The van der Waals surface area contributed by atoms with Crippen LogP contribution in [0, 0.1) is 12.8 Å². The third-order valence-corrected chi connectivity index (χ3v) is 4.35. The van der Waals surface area contributed by atoms with Crippen LogP contribution in [0.4, 0.5) is 5.95 Å². The van der Waals surface area contributed by atoms with Crippen LogP contribution in [-0.2, 0) is 9.59 Å². The van der Waals surface area contributed by atoms with Gasteiger partial charge in [0.2, 0.25) is 18.3 Å². The Bertz CT molecular complexity index is 695. The number of aryl methyl sites for hydroxylation is 1. The van der Waals surface area contributed by atoms with Gasteiger partial charge in [-0.1, -0.05) is 26.2 Å². The fourth-order valence-electron chi connectivity index (χ4n) is 2.66. The number of hydroxylamine groups is 2. The summed E-state index contributed by atoms with van der Waals surface area (Å²) in [6.45, 7) is 3.67. The summed E-state index contributed by atoms with van der Waals surface area (Å²) in [5, 5.41) is 12.7. The fourth-order valence-corrected chi connectivity index (χ4v) is 2.66. The summed E-state index contributed by atoms with van der Waals surface area (Å²) in [5.74, 6) is -1.16. The summed E-state index contributed by atoms with van der Waals surface area (Å²) in [7, 11) is 0. The summed E-state index contributed by atoms with van der Waals surface area (Å²) in [6.07, 6.45) is 5.47. The molecule has 1 heterocycles. The van der Waals surface area contributed by atoms with Gasteiger partial charge in [0, 0.05) is 11.7 Å². The molecule has 0 saturated heterocycles. The number of carbonyl (C=O) groups excluding carboxylic acids is 3. The molecule has 1 aliphatic rings. The van der Waals surface area contributed by atoms with Crippen LogP contribution >= 0.6 is 0 Å². The lowest BCUT2D eigenvalue weighted by molar-refractivity contribution is -0.154. The van der Waals surface area contributed by atoms with Crippen molar-refractivity contribution in [3.63, 3.8) is 0 Å². The van der Waals surface area contributed by atoms with Crippen molar-refractivity contribution < 1.29 is 19.6 Å². The van der Waals surface area contributed by atoms with Crippen LogP contribution in [0.2, 0.25) is 0 Å². The van der Waals surface area contributed by atoms with E-state index in [9.17, 15) is 19.6 Å². The van der Waals surface area contributed by atoms with E-state index in [1.165, 1.54) is 0 Å². The molecule has 10 nitrogen and oxygen atoms in total. The van der Waals surface area contributed by atoms with E-state index in [1.54, 1.807) is 13.0 Å². The maximum atomic E-state index is 12.5. The molecule has 0 spiro atoms. The third kappa shape index (κ3) is 7.10. The van der Waals surface area contributed by atoms with E-state index in [1.807, 2.05) is 6.92 Å². The summed E-state index contributed by atoms with van der Waals surface area (Å²) in [5.41, 5.74) is 5.92. The van der Waals surface area contributed by atoms with Crippen LogP contribution in [0.25, 0.3) is 0 Å². The lowest BCUT2D eigenvalue weighted by atomic mass is 10.0. The highest BCUT2D eigenvalue weighted by Crippen LogP contribution is 2.19. The number of amides is 3. The van der Waals surface area contributed by atoms with Gasteiger partial charge in [-0.15, -0.1) is 0 Å². The van der Waals surface area contributed by atoms with Crippen LogP contribution in [0.1, 0.15) is 61.6 Å². The average Bonchev–Trinajstić information content (AvgIpc) is 3.48. The summed E-state index contributed by atoms with van der Waals surface area (Å²) < 4.78 is 0. The van der Waals surface area contributed by atoms with Crippen molar-refractivity contribution >= 4 is 24.2 Å². The molecule has 0 aliphatic heterocycles. The predicted octanol–water partition coefficient (Wildman–Crippen LogP) is 1.16. The van der Waals surface area contributed by atoms with E-state index in [0.717, 1.165) is 32.1 Å². The van der Waals surface area contributed by atoms with Crippen molar-refractivity contribution in [3.05, 3.63) is 17.5 Å². The molecule has 0 unspecified atom stereocenters. The van der Waals surface area contributed by atoms with Gasteiger partial charge < -0.3 is 5.32 Å². The Morgan fingerprint density at radius 3 is 2.75 bits per heavy atom. The first-order valence-electron chi connectivity index (χ1n) is 9.56. The first-order valence-corrected chi connectivity index (χ1v) is 9.56. The Morgan fingerprint density at radius 1 is 1.36 bits per heavy atom. The van der Waals surface area contributed by atoms with Crippen LogP contribution in [-0.4, -0.2) is 51.0 Å². The first-order chi connectivity index (χ1) is 13.4. The number of anilines is 1. The average molecular weight is 392 g/mol. The standard InChI is InChI=1S/C18H28N6O4/c1-3-4-5-6-13(10-24(28)11-25)16(26)22-23-18-19-12(2)9-15(21-18)17(27)20-14-7-8-14/h9,11,13-14,28H,3-8,10H2,1-2H3,(H,20,27)(H,22,26)(H,19,21,23)/t13-/m1/s1. The highest BCUT2D eigenvalue weighted by molar-refractivity contribution is 5.93. The number of nitrogens with zero attached hydrogens (tertiary/aromatic N) is 3. The molecule has 0 bridgehead atoms. The van der Waals surface area contributed by atoms with Gasteiger partial charge in [-0.05, 0) is 32.3 Å². The quantitative estimate of drug-likeness (QED) is 0.181. The third-order valence-electron chi connectivity index (χ3n) is 4.35. The van der Waals surface area contributed by atoms with E-state index in [2.05, 4.69) is 26.1 Å². The van der Waals surface area contributed by atoms with Crippen LogP contribution in [0.5, 0.6) is 0 Å². The highest BCUT2D eigenvalue weighted by atomic mass is 16.5. The molecule has 0 aromatic carbocycles. The SMILES string of the molecule is CCCCC[C@H](CN(O)C=O)C(=O)NNc1nc(C)cc(C(=O)NC2CC2)n1. The van der Waals surface area contributed by atoms with Crippen molar-refractivity contribution in [1.29, 1.82) is 0 Å². The molecule has 1 aromatic rings. The number of rotatable bonds is 12. The number of unbranched alkanes of at least 4 members (excludes halogenated alkanes) is 2. The van der Waals surface area contributed by atoms with Gasteiger partial charge in [0.15, 0.2) is 0 Å². The largest absolute Gasteiger partial charge is 0.348 e. The van der Waals surface area contributed by atoms with Gasteiger partial charge in [-0.3, -0.25) is 30.4 Å². The molecule has 1 atom stereocenters. The van der Waals surface area contributed by atoms with Crippen LogP contribution in [0.15, 0.2) is 6.07 Å². The van der Waals surface area contributed by atoms with E-state index in [0.29, 0.717) is 17.2 Å². The Balaban J connectivity index is 1.96. The Morgan fingerprint density at radius 2 is 2.11 bits per heavy atom. The molecule has 28 heavy (non-hydrogen) atoms. The smallest absolute Gasteiger partial charge is 0.270 e. The minimum absolute atomic E-state index is 0.0952. The van der Waals surface area contributed by atoms with Crippen molar-refractivity contribution in [2.24, 2.45) is 5.92 Å². The zero-order valence-electron chi connectivity index (χ0n) is 16.3. The zero-order chi connectivity index (χ0) is 20.5. The van der Waals surface area contributed by atoms with Gasteiger partial charge in [0.05, 0.1) is 12.5 Å². The van der Waals surface area contributed by atoms with Gasteiger partial charge in [-0.2, -0.15) is 0 Å². The topological polar surface area (TPSA) is 137 Å². The predicted molar refractivity (Wildman–Crippen MR) is 101 cm³/mol. The Kier molecular flexibility index (Phi) is 8.12. The van der Waals surface area contributed by atoms with Gasteiger partial charge in [0.25, 0.3) is 5.91 Å². The fraction of sp³-hybridized carbons (Fsp3) is 0.611. The van der Waals surface area contributed by atoms with Crippen molar-refractivity contribution in [3.8, 4) is 0 Å². The second-order valence-corrected chi connectivity index (χ2v) is 7.00. The number of nitrogens with one attached hydrogen (secondary N) is 3. The van der Waals surface area contributed by atoms with Gasteiger partial charge in [-0.25, -0.2) is 15.0 Å². The Labute approximate surface area is 164 Å². The lowest BCUT2D eigenvalue weighted by Gasteiger charge is -2.19. The summed E-state index contributed by atoms with van der Waals surface area (Å²) >= 11 is 0. The van der Waals surface area contributed by atoms with E-state index < -0.39 is 11.8 Å². The highest BCUT2D eigenvalue weighted by Gasteiger charge is 2.25. The Hall–Kier alpha value is -2.75. The number of hydrogen-bond acceptors (Lipinski definition) is 7. The molecule has 1 saturated carbocycles. The molecule has 1 aromatic heterocycles. The molecule has 154 valence electrons. The second-order valence-electron chi connectivity index (χ2n) is 7.00.